The van der Waals surface area contributed by atoms with Gasteiger partial charge in [0.2, 0.25) is 5.91 Å². The van der Waals surface area contributed by atoms with Gasteiger partial charge in [-0.2, -0.15) is 0 Å². The molecule has 0 bridgehead atoms. The Morgan fingerprint density at radius 1 is 1.83 bits per heavy atom. The lowest BCUT2D eigenvalue weighted by molar-refractivity contribution is -0.124. The number of piperazine rings is 1. The summed E-state index contributed by atoms with van der Waals surface area (Å²) < 4.78 is 12.2. The smallest absolute Gasteiger partial charge is 0.315 e. The second-order valence-electron chi connectivity index (χ2n) is 2.58. The van der Waals surface area contributed by atoms with E-state index in [1.807, 2.05) is 0 Å². The molecule has 0 saturated carbocycles. The second-order valence-corrected chi connectivity index (χ2v) is 2.58. The Hall–Kier alpha value is -1.33. The molecule has 0 aliphatic carbocycles. The number of primary amides is 1. The maximum Gasteiger partial charge on any atom is 0.315 e. The molecule has 6 heteroatoms. The molecular formula is C6H10FN3O2. The van der Waals surface area contributed by atoms with Gasteiger partial charge in [-0.1, -0.05) is 0 Å². The Kier molecular flexibility index (Phi) is 2.47. The third-order valence-corrected chi connectivity index (χ3v) is 1.75. The summed E-state index contributed by atoms with van der Waals surface area (Å²) in [5.41, 5.74) is 4.94. The summed E-state index contributed by atoms with van der Waals surface area (Å²) in [6.45, 7) is -0.703. The summed E-state index contributed by atoms with van der Waals surface area (Å²) in [5, 5.41) is 2.44. The fourth-order valence-corrected chi connectivity index (χ4v) is 1.08. The number of hydrogen-bond acceptors (Lipinski definition) is 2. The van der Waals surface area contributed by atoms with E-state index in [2.05, 4.69) is 5.32 Å². The molecule has 0 spiro atoms. The molecule has 3 amide bonds. The first-order chi connectivity index (χ1) is 5.65. The molecule has 1 atom stereocenters. The summed E-state index contributed by atoms with van der Waals surface area (Å²) >= 11 is 0. The van der Waals surface area contributed by atoms with Crippen LogP contribution in [-0.2, 0) is 4.79 Å². The van der Waals surface area contributed by atoms with E-state index in [0.717, 1.165) is 4.90 Å². The quantitative estimate of drug-likeness (QED) is 0.527. The molecule has 1 unspecified atom stereocenters. The van der Waals surface area contributed by atoms with Gasteiger partial charge in [0.25, 0.3) is 0 Å². The summed E-state index contributed by atoms with van der Waals surface area (Å²) in [6, 6.07) is -1.37. The highest BCUT2D eigenvalue weighted by Gasteiger charge is 2.28. The highest BCUT2D eigenvalue weighted by atomic mass is 19.1. The molecule has 1 saturated heterocycles. The Labute approximate surface area is 68.7 Å². The highest BCUT2D eigenvalue weighted by molar-refractivity contribution is 5.84. The van der Waals surface area contributed by atoms with Crippen LogP contribution >= 0.6 is 0 Å². The third-order valence-electron chi connectivity index (χ3n) is 1.75. The summed E-state index contributed by atoms with van der Waals surface area (Å²) in [7, 11) is 0. The van der Waals surface area contributed by atoms with Crippen molar-refractivity contribution in [1.82, 2.24) is 10.2 Å². The first-order valence-corrected chi connectivity index (χ1v) is 3.54. The van der Waals surface area contributed by atoms with Crippen molar-refractivity contribution < 1.29 is 14.0 Å². The highest BCUT2D eigenvalue weighted by Crippen LogP contribution is 2.03. The first-order valence-electron chi connectivity index (χ1n) is 3.54. The van der Waals surface area contributed by atoms with Crippen molar-refractivity contribution in [3.05, 3.63) is 0 Å². The molecule has 1 heterocycles. The number of carbonyl (C=O) groups excluding carboxylic acids is 2. The van der Waals surface area contributed by atoms with Gasteiger partial charge < -0.3 is 16.0 Å². The fraction of sp³-hybridized carbons (Fsp3) is 0.667. The van der Waals surface area contributed by atoms with Gasteiger partial charge in [0.15, 0.2) is 0 Å². The molecule has 5 nitrogen and oxygen atoms in total. The van der Waals surface area contributed by atoms with Crippen molar-refractivity contribution in [2.24, 2.45) is 5.73 Å². The predicted molar refractivity (Wildman–Crippen MR) is 39.1 cm³/mol. The number of carbonyl (C=O) groups is 2. The molecule has 0 radical (unpaired) electrons. The molecule has 68 valence electrons. The Balaban J connectivity index is 2.64. The van der Waals surface area contributed by atoms with Crippen molar-refractivity contribution >= 4 is 11.9 Å². The molecule has 1 rings (SSSR count). The minimum Gasteiger partial charge on any atom is -0.352 e. The maximum atomic E-state index is 12.2. The van der Waals surface area contributed by atoms with Crippen LogP contribution in [0.15, 0.2) is 0 Å². The lowest BCUT2D eigenvalue weighted by atomic mass is 10.2. The SMILES string of the molecule is NC(=O)N1CC(=O)NCC1CF. The van der Waals surface area contributed by atoms with Crippen molar-refractivity contribution in [1.29, 1.82) is 0 Å². The third kappa shape index (κ3) is 1.63. The minimum atomic E-state index is -0.757. The van der Waals surface area contributed by atoms with Gasteiger partial charge in [0.1, 0.15) is 13.2 Å². The lowest BCUT2D eigenvalue weighted by Crippen LogP contribution is -2.58. The first kappa shape index (κ1) is 8.76. The van der Waals surface area contributed by atoms with E-state index in [0.29, 0.717) is 0 Å². The summed E-state index contributed by atoms with van der Waals surface area (Å²) in [6.07, 6.45) is 0. The van der Waals surface area contributed by atoms with Crippen LogP contribution in [-0.4, -0.2) is 42.6 Å². The molecule has 0 aromatic carbocycles. The number of halogens is 1. The van der Waals surface area contributed by atoms with Crippen LogP contribution in [0, 0.1) is 0 Å². The van der Waals surface area contributed by atoms with Gasteiger partial charge in [-0.25, -0.2) is 9.18 Å². The standard InChI is InChI=1S/C6H10FN3O2/c7-1-4-2-9-5(11)3-10(4)6(8)12/h4H,1-3H2,(H2,8,12)(H,9,11). The van der Waals surface area contributed by atoms with Crippen LogP contribution in [0.4, 0.5) is 9.18 Å². The molecule has 1 aliphatic heterocycles. The molecule has 12 heavy (non-hydrogen) atoms. The van der Waals surface area contributed by atoms with Crippen molar-refractivity contribution in [3.63, 3.8) is 0 Å². The van der Waals surface area contributed by atoms with Crippen molar-refractivity contribution in [3.8, 4) is 0 Å². The van der Waals surface area contributed by atoms with Gasteiger partial charge in [-0.05, 0) is 0 Å². The molecule has 1 fully saturated rings. The van der Waals surface area contributed by atoms with Gasteiger partial charge in [0, 0.05) is 6.54 Å². The second kappa shape index (κ2) is 3.38. The number of hydrogen-bond donors (Lipinski definition) is 2. The predicted octanol–water partition coefficient (Wildman–Crippen LogP) is -1.17. The monoisotopic (exact) mass is 175 g/mol. The van der Waals surface area contributed by atoms with Crippen LogP contribution in [0.1, 0.15) is 0 Å². The van der Waals surface area contributed by atoms with Gasteiger partial charge in [-0.3, -0.25) is 4.79 Å². The zero-order chi connectivity index (χ0) is 9.14. The van der Waals surface area contributed by atoms with Crippen LogP contribution in [0.3, 0.4) is 0 Å². The normalized spacial score (nSPS) is 23.6. The number of nitrogens with one attached hydrogen (secondary N) is 1. The number of alkyl halides is 1. The Bertz CT molecular complexity index is 209. The summed E-state index contributed by atoms with van der Waals surface area (Å²) in [5.74, 6) is -0.307. The molecule has 0 aromatic heterocycles. The topological polar surface area (TPSA) is 75.4 Å². The molecular weight excluding hydrogens is 165 g/mol. The van der Waals surface area contributed by atoms with Crippen LogP contribution in [0.5, 0.6) is 0 Å². The van der Waals surface area contributed by atoms with E-state index in [1.165, 1.54) is 0 Å². The van der Waals surface area contributed by atoms with E-state index in [1.54, 1.807) is 0 Å². The number of nitrogens with zero attached hydrogens (tertiary/aromatic N) is 1. The van der Waals surface area contributed by atoms with E-state index in [9.17, 15) is 14.0 Å². The van der Waals surface area contributed by atoms with Crippen molar-refractivity contribution in [2.75, 3.05) is 19.8 Å². The minimum absolute atomic E-state index is 0.137. The summed E-state index contributed by atoms with van der Waals surface area (Å²) in [4.78, 5) is 22.5. The largest absolute Gasteiger partial charge is 0.352 e. The van der Waals surface area contributed by atoms with Gasteiger partial charge in [0.05, 0.1) is 6.04 Å². The van der Waals surface area contributed by atoms with E-state index >= 15 is 0 Å². The van der Waals surface area contributed by atoms with E-state index in [-0.39, 0.29) is 19.0 Å². The molecule has 0 aromatic rings. The van der Waals surface area contributed by atoms with Crippen LogP contribution in [0.2, 0.25) is 0 Å². The average molecular weight is 175 g/mol. The molecule has 3 N–H and O–H groups in total. The van der Waals surface area contributed by atoms with Gasteiger partial charge in [-0.15, -0.1) is 0 Å². The average Bonchev–Trinajstić information content (AvgIpc) is 2.04. The Morgan fingerprint density at radius 3 is 3.00 bits per heavy atom. The van der Waals surface area contributed by atoms with Crippen LogP contribution < -0.4 is 11.1 Å². The molecule has 1 aliphatic rings. The Morgan fingerprint density at radius 2 is 2.50 bits per heavy atom. The van der Waals surface area contributed by atoms with Crippen molar-refractivity contribution in [2.45, 2.75) is 6.04 Å². The zero-order valence-electron chi connectivity index (χ0n) is 6.42. The zero-order valence-corrected chi connectivity index (χ0v) is 6.42. The number of nitrogens with two attached hydrogens (primary N) is 1. The number of amides is 3. The number of rotatable bonds is 1. The maximum absolute atomic E-state index is 12.2. The van der Waals surface area contributed by atoms with E-state index in [4.69, 9.17) is 5.73 Å². The van der Waals surface area contributed by atoms with Crippen LogP contribution in [0.25, 0.3) is 0 Å². The number of urea groups is 1. The van der Waals surface area contributed by atoms with Gasteiger partial charge >= 0.3 is 6.03 Å². The lowest BCUT2D eigenvalue weighted by Gasteiger charge is -2.32. The fourth-order valence-electron chi connectivity index (χ4n) is 1.08. The van der Waals surface area contributed by atoms with E-state index < -0.39 is 18.7 Å².